The quantitative estimate of drug-likeness (QED) is 0.784. The van der Waals surface area contributed by atoms with Crippen LogP contribution in [-0.4, -0.2) is 47.8 Å². The van der Waals surface area contributed by atoms with E-state index in [1.807, 2.05) is 0 Å². The molecule has 2 aromatic rings. The number of rotatable bonds is 3. The molecule has 4 rings (SSSR count). The van der Waals surface area contributed by atoms with Crippen LogP contribution in [0.2, 0.25) is 10.0 Å². The molecule has 28 heavy (non-hydrogen) atoms. The molecule has 2 N–H and O–H groups in total. The normalized spacial score (nSPS) is 33.1. The van der Waals surface area contributed by atoms with Crippen LogP contribution in [0, 0.1) is 0 Å². The average molecular weight is 427 g/mol. The number of fused-ring (bicyclic) bond motifs is 1. The second kappa shape index (κ2) is 8.65. The van der Waals surface area contributed by atoms with Crippen molar-refractivity contribution in [2.75, 3.05) is 13.2 Å². The fourth-order valence-electron chi connectivity index (χ4n) is 3.33. The molecule has 2 heterocycles. The van der Waals surface area contributed by atoms with E-state index in [0.29, 0.717) is 10.0 Å². The molecule has 6 nitrogen and oxygen atoms in total. The van der Waals surface area contributed by atoms with E-state index in [0.717, 1.165) is 11.1 Å². The van der Waals surface area contributed by atoms with Crippen LogP contribution in [0.4, 0.5) is 0 Å². The van der Waals surface area contributed by atoms with Crippen molar-refractivity contribution in [3.8, 4) is 0 Å². The first kappa shape index (κ1) is 20.1. The van der Waals surface area contributed by atoms with Crippen LogP contribution in [0.3, 0.4) is 0 Å². The van der Waals surface area contributed by atoms with E-state index in [1.165, 1.54) is 0 Å². The standard InChI is InChI=1S/C20H20Cl2O6/c21-13-5-1-11(2-6-13)19-25-10-16-18(28-19)17(24)15(9-23)26-20(27-16)12-3-7-14(22)8-4-12/h1-8,15-20,23-24H,9-10H2/t15-,16+,17-,18-,19?,20?/m1/s1. The lowest BCUT2D eigenvalue weighted by molar-refractivity contribution is -0.289. The lowest BCUT2D eigenvalue weighted by Crippen LogP contribution is -2.51. The number of ether oxygens (including phenoxy) is 4. The maximum atomic E-state index is 10.8. The molecule has 6 atom stereocenters. The summed E-state index contributed by atoms with van der Waals surface area (Å²) >= 11 is 11.9. The Kier molecular flexibility index (Phi) is 6.20. The predicted molar refractivity (Wildman–Crippen MR) is 102 cm³/mol. The van der Waals surface area contributed by atoms with Crippen molar-refractivity contribution in [3.05, 3.63) is 69.7 Å². The molecule has 2 fully saturated rings. The Morgan fingerprint density at radius 3 is 1.96 bits per heavy atom. The number of hydrogen-bond donors (Lipinski definition) is 2. The zero-order chi connectivity index (χ0) is 19.7. The number of halogens is 2. The molecule has 2 aliphatic rings. The van der Waals surface area contributed by atoms with E-state index < -0.39 is 37.0 Å². The van der Waals surface area contributed by atoms with Crippen molar-refractivity contribution in [1.82, 2.24) is 0 Å². The molecule has 0 saturated carbocycles. The summed E-state index contributed by atoms with van der Waals surface area (Å²) in [6.45, 7) is -0.186. The van der Waals surface area contributed by atoms with Gasteiger partial charge < -0.3 is 29.2 Å². The van der Waals surface area contributed by atoms with Gasteiger partial charge in [0.25, 0.3) is 0 Å². The van der Waals surface area contributed by atoms with Gasteiger partial charge in [-0.1, -0.05) is 47.5 Å². The lowest BCUT2D eigenvalue weighted by Gasteiger charge is -2.37. The van der Waals surface area contributed by atoms with Crippen molar-refractivity contribution in [2.45, 2.75) is 37.0 Å². The summed E-state index contributed by atoms with van der Waals surface area (Å²) in [4.78, 5) is 0. The number of benzene rings is 2. The third-order valence-electron chi connectivity index (χ3n) is 4.84. The molecule has 2 saturated heterocycles. The van der Waals surface area contributed by atoms with Crippen molar-refractivity contribution in [1.29, 1.82) is 0 Å². The molecule has 0 spiro atoms. The Bertz CT molecular complexity index is 784. The smallest absolute Gasteiger partial charge is 0.184 e. The minimum Gasteiger partial charge on any atom is -0.394 e. The Morgan fingerprint density at radius 2 is 1.39 bits per heavy atom. The predicted octanol–water partition coefficient (Wildman–Crippen LogP) is 3.24. The van der Waals surface area contributed by atoms with Gasteiger partial charge in [-0.25, -0.2) is 0 Å². The van der Waals surface area contributed by atoms with E-state index >= 15 is 0 Å². The lowest BCUT2D eigenvalue weighted by atomic mass is 10.0. The topological polar surface area (TPSA) is 77.4 Å². The van der Waals surface area contributed by atoms with Crippen LogP contribution in [0.25, 0.3) is 0 Å². The molecule has 8 heteroatoms. The van der Waals surface area contributed by atoms with Gasteiger partial charge in [0, 0.05) is 21.2 Å². The van der Waals surface area contributed by atoms with Gasteiger partial charge in [-0.2, -0.15) is 0 Å². The van der Waals surface area contributed by atoms with Crippen LogP contribution in [0.15, 0.2) is 48.5 Å². The highest BCUT2D eigenvalue weighted by Gasteiger charge is 2.46. The zero-order valence-electron chi connectivity index (χ0n) is 14.8. The first-order chi connectivity index (χ1) is 13.5. The summed E-state index contributed by atoms with van der Waals surface area (Å²) < 4.78 is 23.7. The molecular weight excluding hydrogens is 407 g/mol. The second-order valence-electron chi connectivity index (χ2n) is 6.72. The molecule has 0 aliphatic carbocycles. The molecular formula is C20H20Cl2O6. The molecule has 0 amide bonds. The molecule has 150 valence electrons. The van der Waals surface area contributed by atoms with Crippen molar-refractivity contribution in [2.24, 2.45) is 0 Å². The number of aliphatic hydroxyl groups is 2. The van der Waals surface area contributed by atoms with E-state index in [-0.39, 0.29) is 13.2 Å². The van der Waals surface area contributed by atoms with Crippen LogP contribution >= 0.6 is 23.2 Å². The molecule has 2 aromatic carbocycles. The number of aliphatic hydroxyl groups excluding tert-OH is 2. The highest BCUT2D eigenvalue weighted by molar-refractivity contribution is 6.30. The van der Waals surface area contributed by atoms with Gasteiger partial charge >= 0.3 is 0 Å². The van der Waals surface area contributed by atoms with E-state index in [9.17, 15) is 10.2 Å². The molecule has 2 aliphatic heterocycles. The Morgan fingerprint density at radius 1 is 0.821 bits per heavy atom. The largest absolute Gasteiger partial charge is 0.394 e. The minimum absolute atomic E-state index is 0.195. The van der Waals surface area contributed by atoms with E-state index in [2.05, 4.69) is 0 Å². The maximum absolute atomic E-state index is 10.8. The second-order valence-corrected chi connectivity index (χ2v) is 7.60. The zero-order valence-corrected chi connectivity index (χ0v) is 16.3. The van der Waals surface area contributed by atoms with Crippen LogP contribution in [-0.2, 0) is 18.9 Å². The monoisotopic (exact) mass is 426 g/mol. The van der Waals surface area contributed by atoms with Gasteiger partial charge in [-0.3, -0.25) is 0 Å². The maximum Gasteiger partial charge on any atom is 0.184 e. The Balaban J connectivity index is 1.56. The van der Waals surface area contributed by atoms with Gasteiger partial charge in [-0.15, -0.1) is 0 Å². The SMILES string of the molecule is OC[C@H]1OC(c2ccc(Cl)cc2)O[C@H]2COC(c3ccc(Cl)cc3)O[C@H]2[C@@H]1O. The van der Waals surface area contributed by atoms with E-state index in [4.69, 9.17) is 42.1 Å². The van der Waals surface area contributed by atoms with Crippen LogP contribution in [0.1, 0.15) is 23.7 Å². The van der Waals surface area contributed by atoms with Gasteiger partial charge in [0.05, 0.1) is 13.2 Å². The molecule has 0 radical (unpaired) electrons. The third kappa shape index (κ3) is 4.20. The van der Waals surface area contributed by atoms with Crippen LogP contribution in [0.5, 0.6) is 0 Å². The summed E-state index contributed by atoms with van der Waals surface area (Å²) in [7, 11) is 0. The third-order valence-corrected chi connectivity index (χ3v) is 5.34. The highest BCUT2D eigenvalue weighted by atomic mass is 35.5. The fourth-order valence-corrected chi connectivity index (χ4v) is 3.58. The van der Waals surface area contributed by atoms with Gasteiger partial charge in [-0.05, 0) is 24.3 Å². The van der Waals surface area contributed by atoms with Crippen molar-refractivity contribution in [3.63, 3.8) is 0 Å². The summed E-state index contributed by atoms with van der Waals surface area (Å²) in [6, 6.07) is 14.1. The molecule has 2 unspecified atom stereocenters. The van der Waals surface area contributed by atoms with Crippen LogP contribution < -0.4 is 0 Å². The van der Waals surface area contributed by atoms with Gasteiger partial charge in [0.15, 0.2) is 12.6 Å². The summed E-state index contributed by atoms with van der Waals surface area (Å²) in [6.07, 6.45) is -4.74. The van der Waals surface area contributed by atoms with Crippen molar-refractivity contribution >= 4 is 23.2 Å². The molecule has 0 bridgehead atoms. The van der Waals surface area contributed by atoms with Gasteiger partial charge in [0.1, 0.15) is 24.4 Å². The summed E-state index contributed by atoms with van der Waals surface area (Å²) in [5.74, 6) is 0. The summed E-state index contributed by atoms with van der Waals surface area (Å²) in [5, 5.41) is 21.7. The van der Waals surface area contributed by atoms with Gasteiger partial charge in [0.2, 0.25) is 0 Å². The number of hydrogen-bond acceptors (Lipinski definition) is 6. The first-order valence-corrected chi connectivity index (χ1v) is 9.68. The minimum atomic E-state index is -1.09. The fraction of sp³-hybridized carbons (Fsp3) is 0.400. The summed E-state index contributed by atoms with van der Waals surface area (Å²) in [5.41, 5.74) is 1.49. The Hall–Kier alpha value is -1.22. The Labute approximate surface area is 172 Å². The van der Waals surface area contributed by atoms with Crippen molar-refractivity contribution < 1.29 is 29.2 Å². The highest BCUT2D eigenvalue weighted by Crippen LogP contribution is 2.37. The van der Waals surface area contributed by atoms with E-state index in [1.54, 1.807) is 48.5 Å². The average Bonchev–Trinajstić information content (AvgIpc) is 2.85. The first-order valence-electron chi connectivity index (χ1n) is 8.93. The molecule has 0 aromatic heterocycles.